The summed E-state index contributed by atoms with van der Waals surface area (Å²) in [5.41, 5.74) is 1.16. The molecule has 3 rings (SSSR count). The minimum absolute atomic E-state index is 0.333. The molecule has 0 aliphatic heterocycles. The first-order valence-corrected chi connectivity index (χ1v) is 9.66. The van der Waals surface area contributed by atoms with Crippen molar-refractivity contribution in [2.45, 2.75) is 37.2 Å². The monoisotopic (exact) mass is 392 g/mol. The minimum atomic E-state index is -0.376. The van der Waals surface area contributed by atoms with E-state index in [-0.39, 0.29) is 11.2 Å². The van der Waals surface area contributed by atoms with Gasteiger partial charge < -0.3 is 4.57 Å². The number of thioether (sulfide) groups is 1. The molecule has 0 amide bonds. The second-order valence-corrected chi connectivity index (χ2v) is 8.16. The Balaban J connectivity index is 2.25. The molecule has 0 saturated carbocycles. The van der Waals surface area contributed by atoms with Crippen LogP contribution < -0.4 is 11.2 Å². The van der Waals surface area contributed by atoms with Crippen molar-refractivity contribution in [1.29, 1.82) is 0 Å². The number of hydrogen-bond acceptors (Lipinski definition) is 4. The van der Waals surface area contributed by atoms with Gasteiger partial charge in [-0.05, 0) is 24.1 Å². The molecule has 1 aromatic carbocycles. The molecular formula is C18H21ClN4O2S. The largest absolute Gasteiger partial charge is 0.332 e. The number of nitrogens with zero attached hydrogens (tertiary/aromatic N) is 4. The van der Waals surface area contributed by atoms with Crippen molar-refractivity contribution in [1.82, 2.24) is 18.7 Å². The van der Waals surface area contributed by atoms with Gasteiger partial charge in [-0.1, -0.05) is 49.3 Å². The Bertz CT molecular complexity index is 1070. The fraction of sp³-hybridized carbons (Fsp3) is 0.389. The number of benzene rings is 1. The highest BCUT2D eigenvalue weighted by atomic mass is 35.5. The van der Waals surface area contributed by atoms with Crippen LogP contribution in [0.1, 0.15) is 25.8 Å². The van der Waals surface area contributed by atoms with Crippen LogP contribution in [0.2, 0.25) is 5.02 Å². The van der Waals surface area contributed by atoms with E-state index in [0.717, 1.165) is 21.7 Å². The molecular weight excluding hydrogens is 372 g/mol. The quantitative estimate of drug-likeness (QED) is 0.626. The maximum Gasteiger partial charge on any atom is 0.332 e. The van der Waals surface area contributed by atoms with Gasteiger partial charge in [0.2, 0.25) is 0 Å². The van der Waals surface area contributed by atoms with Crippen LogP contribution in [0.3, 0.4) is 0 Å². The van der Waals surface area contributed by atoms with Crippen molar-refractivity contribution < 1.29 is 0 Å². The minimum Gasteiger partial charge on any atom is -0.309 e. The van der Waals surface area contributed by atoms with Gasteiger partial charge in [0.1, 0.15) is 0 Å². The lowest BCUT2D eigenvalue weighted by Gasteiger charge is -2.12. The summed E-state index contributed by atoms with van der Waals surface area (Å²) in [6.07, 6.45) is 0.978. The van der Waals surface area contributed by atoms with Gasteiger partial charge in [-0.3, -0.25) is 13.9 Å². The van der Waals surface area contributed by atoms with E-state index in [4.69, 9.17) is 11.6 Å². The Labute approximate surface area is 160 Å². The zero-order valence-corrected chi connectivity index (χ0v) is 16.8. The van der Waals surface area contributed by atoms with Crippen LogP contribution in [0, 0.1) is 0 Å². The highest BCUT2D eigenvalue weighted by Gasteiger charge is 2.20. The van der Waals surface area contributed by atoms with Gasteiger partial charge in [-0.2, -0.15) is 0 Å². The summed E-state index contributed by atoms with van der Waals surface area (Å²) in [5, 5.41) is 1.75. The molecule has 0 saturated heterocycles. The summed E-state index contributed by atoms with van der Waals surface area (Å²) in [6, 6.07) is 7.51. The highest BCUT2D eigenvalue weighted by molar-refractivity contribution is 7.99. The Kier molecular flexibility index (Phi) is 5.29. The molecule has 0 unspecified atom stereocenters. The number of imidazole rings is 1. The van der Waals surface area contributed by atoms with Gasteiger partial charge in [0.15, 0.2) is 16.3 Å². The third-order valence-electron chi connectivity index (χ3n) is 4.45. The van der Waals surface area contributed by atoms with E-state index in [1.54, 1.807) is 18.8 Å². The van der Waals surface area contributed by atoms with Gasteiger partial charge in [0.25, 0.3) is 5.56 Å². The standard InChI is InChI=1S/C18H21ClN4O2S/c1-5-11(2)26-17-20-15-14(16(24)22(4)18(25)21(15)3)23(17)10-12-6-8-13(19)9-7-12/h6-9,11H,5,10H2,1-4H3/t11-/m0/s1. The lowest BCUT2D eigenvalue weighted by atomic mass is 10.2. The molecule has 6 nitrogen and oxygen atoms in total. The fourth-order valence-electron chi connectivity index (χ4n) is 2.70. The second kappa shape index (κ2) is 7.32. The lowest BCUT2D eigenvalue weighted by molar-refractivity contribution is 0.696. The number of fused-ring (bicyclic) bond motifs is 1. The molecule has 3 aromatic rings. The SMILES string of the molecule is CC[C@H](C)Sc1nc2c(c(=O)n(C)c(=O)n2C)n1Cc1ccc(Cl)cc1. The molecule has 1 atom stereocenters. The van der Waals surface area contributed by atoms with Crippen molar-refractivity contribution in [3.63, 3.8) is 0 Å². The third kappa shape index (κ3) is 3.33. The smallest absolute Gasteiger partial charge is 0.309 e. The number of aryl methyl sites for hydroxylation is 1. The summed E-state index contributed by atoms with van der Waals surface area (Å²) in [6.45, 7) is 4.71. The summed E-state index contributed by atoms with van der Waals surface area (Å²) >= 11 is 7.59. The fourth-order valence-corrected chi connectivity index (χ4v) is 3.77. The van der Waals surface area contributed by atoms with E-state index < -0.39 is 0 Å². The molecule has 2 heterocycles. The predicted molar refractivity (Wildman–Crippen MR) is 106 cm³/mol. The number of hydrogen-bond donors (Lipinski definition) is 0. The van der Waals surface area contributed by atoms with Crippen LogP contribution >= 0.6 is 23.4 Å². The van der Waals surface area contributed by atoms with Crippen LogP contribution in [0.4, 0.5) is 0 Å². The summed E-state index contributed by atoms with van der Waals surface area (Å²) in [4.78, 5) is 29.7. The highest BCUT2D eigenvalue weighted by Crippen LogP contribution is 2.27. The first-order chi connectivity index (χ1) is 12.3. The number of halogens is 1. The first-order valence-electron chi connectivity index (χ1n) is 8.40. The Morgan fingerprint density at radius 2 is 1.81 bits per heavy atom. The molecule has 8 heteroatoms. The maximum absolute atomic E-state index is 12.8. The first kappa shape index (κ1) is 18.8. The molecule has 0 N–H and O–H groups in total. The van der Waals surface area contributed by atoms with Crippen molar-refractivity contribution in [3.05, 3.63) is 55.7 Å². The zero-order valence-electron chi connectivity index (χ0n) is 15.2. The third-order valence-corrected chi connectivity index (χ3v) is 5.96. The molecule has 0 aliphatic rings. The molecule has 0 spiro atoms. The predicted octanol–water partition coefficient (Wildman–Crippen LogP) is 3.03. The summed E-state index contributed by atoms with van der Waals surface area (Å²) < 4.78 is 4.45. The molecule has 0 aliphatic carbocycles. The number of aromatic nitrogens is 4. The van der Waals surface area contributed by atoms with Gasteiger partial charge >= 0.3 is 5.69 Å². The molecule has 2 aromatic heterocycles. The lowest BCUT2D eigenvalue weighted by Crippen LogP contribution is -2.37. The topological polar surface area (TPSA) is 61.8 Å². The Morgan fingerprint density at radius 3 is 2.42 bits per heavy atom. The van der Waals surface area contributed by atoms with Gasteiger partial charge in [0.05, 0.1) is 6.54 Å². The van der Waals surface area contributed by atoms with E-state index in [2.05, 4.69) is 18.8 Å². The van der Waals surface area contributed by atoms with E-state index in [1.165, 1.54) is 11.6 Å². The van der Waals surface area contributed by atoms with Crippen LogP contribution in [0.15, 0.2) is 39.0 Å². The molecule has 26 heavy (non-hydrogen) atoms. The molecule has 138 valence electrons. The van der Waals surface area contributed by atoms with E-state index >= 15 is 0 Å². The summed E-state index contributed by atoms with van der Waals surface area (Å²) in [5.74, 6) is 0. The van der Waals surface area contributed by atoms with Crippen LogP contribution in [0.5, 0.6) is 0 Å². The van der Waals surface area contributed by atoms with E-state index in [1.807, 2.05) is 28.8 Å². The zero-order chi connectivity index (χ0) is 19.0. The van der Waals surface area contributed by atoms with Crippen LogP contribution in [-0.4, -0.2) is 23.9 Å². The van der Waals surface area contributed by atoms with Crippen molar-refractivity contribution >= 4 is 34.5 Å². The van der Waals surface area contributed by atoms with Crippen LogP contribution in [-0.2, 0) is 20.6 Å². The second-order valence-electron chi connectivity index (χ2n) is 6.32. The Morgan fingerprint density at radius 1 is 1.15 bits per heavy atom. The Hall–Kier alpha value is -1.99. The number of rotatable bonds is 5. The van der Waals surface area contributed by atoms with Gasteiger partial charge in [-0.15, -0.1) is 0 Å². The van der Waals surface area contributed by atoms with E-state index in [9.17, 15) is 9.59 Å². The normalized spacial score (nSPS) is 12.7. The maximum atomic E-state index is 12.8. The van der Waals surface area contributed by atoms with Crippen molar-refractivity contribution in [3.8, 4) is 0 Å². The van der Waals surface area contributed by atoms with Crippen molar-refractivity contribution in [2.75, 3.05) is 0 Å². The van der Waals surface area contributed by atoms with Gasteiger partial charge in [-0.25, -0.2) is 9.78 Å². The molecule has 0 radical (unpaired) electrons. The average molecular weight is 393 g/mol. The molecule has 0 bridgehead atoms. The summed E-state index contributed by atoms with van der Waals surface area (Å²) in [7, 11) is 3.13. The average Bonchev–Trinajstić information content (AvgIpc) is 2.98. The van der Waals surface area contributed by atoms with E-state index in [0.29, 0.717) is 28.0 Å². The molecule has 0 fully saturated rings. The van der Waals surface area contributed by atoms with Crippen LogP contribution in [0.25, 0.3) is 11.2 Å². The van der Waals surface area contributed by atoms with Gasteiger partial charge in [0, 0.05) is 24.4 Å². The van der Waals surface area contributed by atoms with Crippen molar-refractivity contribution in [2.24, 2.45) is 14.1 Å².